The van der Waals surface area contributed by atoms with Gasteiger partial charge in [-0.3, -0.25) is 0 Å². The zero-order valence-electron chi connectivity index (χ0n) is 9.14. The normalized spacial score (nSPS) is 23.9. The third kappa shape index (κ3) is 2.05. The third-order valence-electron chi connectivity index (χ3n) is 3.84. The molecule has 0 aliphatic heterocycles. The van der Waals surface area contributed by atoms with Crippen LogP contribution in [0.3, 0.4) is 0 Å². The number of nitriles is 1. The van der Waals surface area contributed by atoms with Crippen molar-refractivity contribution in [3.8, 4) is 6.07 Å². The van der Waals surface area contributed by atoms with E-state index in [-0.39, 0.29) is 5.41 Å². The van der Waals surface area contributed by atoms with Crippen LogP contribution in [-0.2, 0) is 0 Å². The van der Waals surface area contributed by atoms with Crippen LogP contribution >= 0.6 is 0 Å². The second kappa shape index (κ2) is 4.13. The number of hydrogen-bond acceptors (Lipinski definition) is 1. The molecule has 0 amide bonds. The van der Waals surface area contributed by atoms with E-state index in [0.717, 1.165) is 12.8 Å². The first-order valence-corrected chi connectivity index (χ1v) is 5.53. The monoisotopic (exact) mass is 179 g/mol. The van der Waals surface area contributed by atoms with Crippen LogP contribution in [0.15, 0.2) is 0 Å². The Labute approximate surface area is 82.1 Å². The fourth-order valence-electron chi connectivity index (χ4n) is 2.49. The Hall–Kier alpha value is -0.510. The molecule has 13 heavy (non-hydrogen) atoms. The largest absolute Gasteiger partial charge is 0.198 e. The molecule has 0 heterocycles. The lowest BCUT2D eigenvalue weighted by molar-refractivity contribution is 0.138. The molecule has 74 valence electrons. The Morgan fingerprint density at radius 3 is 2.00 bits per heavy atom. The smallest absolute Gasteiger partial charge is 0.0692 e. The van der Waals surface area contributed by atoms with Crippen LogP contribution in [0.5, 0.6) is 0 Å². The minimum Gasteiger partial charge on any atom is -0.198 e. The van der Waals surface area contributed by atoms with Crippen LogP contribution < -0.4 is 0 Å². The van der Waals surface area contributed by atoms with Gasteiger partial charge in [0.05, 0.1) is 11.5 Å². The summed E-state index contributed by atoms with van der Waals surface area (Å²) in [7, 11) is 0. The van der Waals surface area contributed by atoms with Crippen molar-refractivity contribution in [3.05, 3.63) is 0 Å². The van der Waals surface area contributed by atoms with E-state index in [1.165, 1.54) is 19.3 Å². The minimum atomic E-state index is 0.00637. The SMILES string of the molecule is CC(C)C(C)C1(C#N)CCCCC1. The van der Waals surface area contributed by atoms with E-state index in [2.05, 4.69) is 26.8 Å². The Morgan fingerprint density at radius 2 is 1.62 bits per heavy atom. The Kier molecular flexibility index (Phi) is 3.36. The highest BCUT2D eigenvalue weighted by Gasteiger charge is 2.38. The highest BCUT2D eigenvalue weighted by atomic mass is 14.4. The lowest BCUT2D eigenvalue weighted by Gasteiger charge is -2.38. The highest BCUT2D eigenvalue weighted by molar-refractivity contribution is 5.03. The van der Waals surface area contributed by atoms with Crippen LogP contribution in [0.1, 0.15) is 52.9 Å². The Bertz CT molecular complexity index is 194. The molecule has 1 heteroatoms. The highest BCUT2D eigenvalue weighted by Crippen LogP contribution is 2.44. The van der Waals surface area contributed by atoms with Crippen molar-refractivity contribution in [1.82, 2.24) is 0 Å². The first-order valence-electron chi connectivity index (χ1n) is 5.53. The summed E-state index contributed by atoms with van der Waals surface area (Å²) in [6, 6.07) is 2.60. The first-order chi connectivity index (χ1) is 6.12. The maximum absolute atomic E-state index is 9.31. The predicted molar refractivity (Wildman–Crippen MR) is 55.1 cm³/mol. The quantitative estimate of drug-likeness (QED) is 0.633. The number of rotatable bonds is 2. The average Bonchev–Trinajstić information content (AvgIpc) is 2.17. The Balaban J connectivity index is 2.74. The van der Waals surface area contributed by atoms with E-state index < -0.39 is 0 Å². The van der Waals surface area contributed by atoms with Crippen LogP contribution in [0, 0.1) is 28.6 Å². The molecule has 1 aliphatic carbocycles. The molecule has 1 fully saturated rings. The molecule has 1 nitrogen and oxygen atoms in total. The zero-order valence-corrected chi connectivity index (χ0v) is 9.14. The molecule has 1 rings (SSSR count). The molecular formula is C12H21N. The zero-order chi connectivity index (χ0) is 9.90. The van der Waals surface area contributed by atoms with E-state index in [1.807, 2.05) is 0 Å². The van der Waals surface area contributed by atoms with Crippen LogP contribution in [-0.4, -0.2) is 0 Å². The molecule has 0 bridgehead atoms. The van der Waals surface area contributed by atoms with Gasteiger partial charge in [0.2, 0.25) is 0 Å². The van der Waals surface area contributed by atoms with Crippen LogP contribution in [0.4, 0.5) is 0 Å². The van der Waals surface area contributed by atoms with Gasteiger partial charge in [-0.1, -0.05) is 40.0 Å². The molecule has 1 unspecified atom stereocenters. The van der Waals surface area contributed by atoms with Gasteiger partial charge in [0, 0.05) is 0 Å². The van der Waals surface area contributed by atoms with Gasteiger partial charge in [-0.2, -0.15) is 5.26 Å². The molecule has 1 aliphatic rings. The van der Waals surface area contributed by atoms with Crippen molar-refractivity contribution >= 4 is 0 Å². The molecule has 0 spiro atoms. The van der Waals surface area contributed by atoms with Gasteiger partial charge in [0.15, 0.2) is 0 Å². The van der Waals surface area contributed by atoms with E-state index in [9.17, 15) is 5.26 Å². The maximum atomic E-state index is 9.31. The van der Waals surface area contributed by atoms with E-state index in [4.69, 9.17) is 0 Å². The summed E-state index contributed by atoms with van der Waals surface area (Å²) in [5.74, 6) is 1.19. The molecule has 1 saturated carbocycles. The molecule has 1 atom stereocenters. The topological polar surface area (TPSA) is 23.8 Å². The summed E-state index contributed by atoms with van der Waals surface area (Å²) < 4.78 is 0. The molecule has 0 aromatic heterocycles. The van der Waals surface area contributed by atoms with Crippen molar-refractivity contribution in [2.45, 2.75) is 52.9 Å². The van der Waals surface area contributed by atoms with Gasteiger partial charge in [0.1, 0.15) is 0 Å². The molecule has 0 N–H and O–H groups in total. The second-order valence-corrected chi connectivity index (χ2v) is 4.86. The minimum absolute atomic E-state index is 0.00637. The molecule has 0 saturated heterocycles. The van der Waals surface area contributed by atoms with Crippen LogP contribution in [0.2, 0.25) is 0 Å². The molecular weight excluding hydrogens is 158 g/mol. The lowest BCUT2D eigenvalue weighted by atomic mass is 9.64. The lowest BCUT2D eigenvalue weighted by Crippen LogP contribution is -2.32. The maximum Gasteiger partial charge on any atom is 0.0692 e. The van der Waals surface area contributed by atoms with Crippen molar-refractivity contribution in [3.63, 3.8) is 0 Å². The third-order valence-corrected chi connectivity index (χ3v) is 3.84. The van der Waals surface area contributed by atoms with Gasteiger partial charge in [-0.15, -0.1) is 0 Å². The number of nitrogens with zero attached hydrogens (tertiary/aromatic N) is 1. The summed E-state index contributed by atoms with van der Waals surface area (Å²) in [6.45, 7) is 6.72. The van der Waals surface area contributed by atoms with E-state index >= 15 is 0 Å². The summed E-state index contributed by atoms with van der Waals surface area (Å²) in [5.41, 5.74) is 0.00637. The predicted octanol–water partition coefficient (Wildman–Crippen LogP) is 3.75. The Morgan fingerprint density at radius 1 is 1.08 bits per heavy atom. The van der Waals surface area contributed by atoms with E-state index in [0.29, 0.717) is 11.8 Å². The standard InChI is InChI=1S/C12H21N/c1-10(2)11(3)12(9-13)7-5-4-6-8-12/h10-11H,4-8H2,1-3H3. The van der Waals surface area contributed by atoms with Crippen molar-refractivity contribution in [2.75, 3.05) is 0 Å². The fourth-order valence-corrected chi connectivity index (χ4v) is 2.49. The van der Waals surface area contributed by atoms with Crippen molar-refractivity contribution < 1.29 is 0 Å². The summed E-state index contributed by atoms with van der Waals surface area (Å²) in [4.78, 5) is 0. The van der Waals surface area contributed by atoms with Gasteiger partial charge in [-0.25, -0.2) is 0 Å². The van der Waals surface area contributed by atoms with Gasteiger partial charge < -0.3 is 0 Å². The summed E-state index contributed by atoms with van der Waals surface area (Å²) >= 11 is 0. The van der Waals surface area contributed by atoms with Crippen molar-refractivity contribution in [1.29, 1.82) is 5.26 Å². The van der Waals surface area contributed by atoms with Gasteiger partial charge in [0.25, 0.3) is 0 Å². The first kappa shape index (κ1) is 10.6. The van der Waals surface area contributed by atoms with Gasteiger partial charge >= 0.3 is 0 Å². The molecule has 0 radical (unpaired) electrons. The van der Waals surface area contributed by atoms with E-state index in [1.54, 1.807) is 0 Å². The van der Waals surface area contributed by atoms with Gasteiger partial charge in [-0.05, 0) is 24.7 Å². The number of hydrogen-bond donors (Lipinski definition) is 0. The average molecular weight is 179 g/mol. The van der Waals surface area contributed by atoms with Crippen molar-refractivity contribution in [2.24, 2.45) is 17.3 Å². The summed E-state index contributed by atoms with van der Waals surface area (Å²) in [6.07, 6.45) is 6.09. The molecule has 0 aromatic carbocycles. The summed E-state index contributed by atoms with van der Waals surface area (Å²) in [5, 5.41) is 9.31. The fraction of sp³-hybridized carbons (Fsp3) is 0.917. The second-order valence-electron chi connectivity index (χ2n) is 4.86. The van der Waals surface area contributed by atoms with Crippen LogP contribution in [0.25, 0.3) is 0 Å². The molecule has 0 aromatic rings.